The molecular formula is C13H9ClF2N2O2. The molecule has 0 unspecified atom stereocenters. The Morgan fingerprint density at radius 1 is 1.35 bits per heavy atom. The van der Waals surface area contributed by atoms with Crippen molar-refractivity contribution >= 4 is 17.3 Å². The molecule has 0 radical (unpaired) electrons. The minimum Gasteiger partial charge on any atom is -0.449 e. The number of hydrogen-bond acceptors (Lipinski definition) is 4. The number of furan rings is 1. The van der Waals surface area contributed by atoms with E-state index in [9.17, 15) is 8.78 Å². The van der Waals surface area contributed by atoms with Crippen molar-refractivity contribution in [1.29, 1.82) is 5.26 Å². The lowest BCUT2D eigenvalue weighted by Crippen LogP contribution is -2.03. The van der Waals surface area contributed by atoms with Gasteiger partial charge in [-0.25, -0.2) is 0 Å². The lowest BCUT2D eigenvalue weighted by Gasteiger charge is -2.09. The summed E-state index contributed by atoms with van der Waals surface area (Å²) in [6.45, 7) is -2.58. The van der Waals surface area contributed by atoms with E-state index in [1.54, 1.807) is 18.2 Å². The first kappa shape index (κ1) is 14.2. The van der Waals surface area contributed by atoms with Crippen molar-refractivity contribution in [3.05, 3.63) is 46.9 Å². The van der Waals surface area contributed by atoms with Crippen molar-refractivity contribution in [2.24, 2.45) is 0 Å². The van der Waals surface area contributed by atoms with Crippen LogP contribution in [0, 0.1) is 11.3 Å². The minimum absolute atomic E-state index is 0.0764. The molecule has 0 amide bonds. The number of rotatable bonds is 5. The van der Waals surface area contributed by atoms with Gasteiger partial charge in [-0.2, -0.15) is 14.0 Å². The highest BCUT2D eigenvalue weighted by atomic mass is 35.5. The number of hydrogen-bond donors (Lipinski definition) is 1. The Balaban J connectivity index is 2.00. The van der Waals surface area contributed by atoms with Gasteiger partial charge in [-0.05, 0) is 30.3 Å². The van der Waals surface area contributed by atoms with Crippen molar-refractivity contribution in [2.75, 3.05) is 5.32 Å². The SMILES string of the molecule is N#Cc1ccc(CNc2ccc(OC(F)F)c(Cl)c2)o1. The van der Waals surface area contributed by atoms with Gasteiger partial charge in [-0.3, -0.25) is 0 Å². The van der Waals surface area contributed by atoms with Crippen LogP contribution in [-0.2, 0) is 6.54 Å². The highest BCUT2D eigenvalue weighted by molar-refractivity contribution is 6.32. The van der Waals surface area contributed by atoms with E-state index in [0.29, 0.717) is 18.0 Å². The maximum Gasteiger partial charge on any atom is 0.387 e. The molecule has 0 aliphatic rings. The van der Waals surface area contributed by atoms with E-state index in [2.05, 4.69) is 10.1 Å². The molecule has 7 heteroatoms. The largest absolute Gasteiger partial charge is 0.449 e. The molecule has 1 aromatic heterocycles. The molecule has 0 bridgehead atoms. The van der Waals surface area contributed by atoms with Crippen LogP contribution in [0.3, 0.4) is 0 Å². The Kier molecular flexibility index (Phi) is 4.43. The van der Waals surface area contributed by atoms with Crippen LogP contribution in [0.2, 0.25) is 5.02 Å². The molecule has 0 atom stereocenters. The average Bonchev–Trinajstić information content (AvgIpc) is 2.87. The Morgan fingerprint density at radius 3 is 2.75 bits per heavy atom. The maximum atomic E-state index is 12.1. The van der Waals surface area contributed by atoms with Crippen LogP contribution in [0.4, 0.5) is 14.5 Å². The Morgan fingerprint density at radius 2 is 2.15 bits per heavy atom. The van der Waals surface area contributed by atoms with Gasteiger partial charge >= 0.3 is 6.61 Å². The fraction of sp³-hybridized carbons (Fsp3) is 0.154. The van der Waals surface area contributed by atoms with Crippen molar-refractivity contribution in [3.63, 3.8) is 0 Å². The third-order valence-corrected chi connectivity index (χ3v) is 2.68. The van der Waals surface area contributed by atoms with Crippen LogP contribution in [0.5, 0.6) is 5.75 Å². The van der Waals surface area contributed by atoms with Gasteiger partial charge in [0.2, 0.25) is 5.76 Å². The predicted molar refractivity (Wildman–Crippen MR) is 68.8 cm³/mol. The normalized spacial score (nSPS) is 10.3. The third kappa shape index (κ3) is 3.62. The van der Waals surface area contributed by atoms with Gasteiger partial charge in [0.25, 0.3) is 0 Å². The molecule has 2 aromatic rings. The summed E-state index contributed by atoms with van der Waals surface area (Å²) in [5, 5.41) is 11.7. The van der Waals surface area contributed by atoms with Gasteiger partial charge in [0.15, 0.2) is 0 Å². The topological polar surface area (TPSA) is 58.2 Å². The van der Waals surface area contributed by atoms with Crippen LogP contribution in [0.15, 0.2) is 34.7 Å². The number of ether oxygens (including phenoxy) is 1. The molecule has 0 saturated heterocycles. The van der Waals surface area contributed by atoms with Crippen molar-refractivity contribution in [3.8, 4) is 11.8 Å². The summed E-state index contributed by atoms with van der Waals surface area (Å²) in [6, 6.07) is 9.47. The van der Waals surface area contributed by atoms with Crippen LogP contribution >= 0.6 is 11.6 Å². The maximum absolute atomic E-state index is 12.1. The van der Waals surface area contributed by atoms with Crippen molar-refractivity contribution < 1.29 is 17.9 Å². The monoisotopic (exact) mass is 298 g/mol. The fourth-order valence-electron chi connectivity index (χ4n) is 1.52. The van der Waals surface area contributed by atoms with Crippen LogP contribution in [0.25, 0.3) is 0 Å². The quantitative estimate of drug-likeness (QED) is 0.906. The van der Waals surface area contributed by atoms with Gasteiger partial charge < -0.3 is 14.5 Å². The first-order chi connectivity index (χ1) is 9.58. The molecule has 4 nitrogen and oxygen atoms in total. The first-order valence-corrected chi connectivity index (χ1v) is 5.93. The second-order valence-electron chi connectivity index (χ2n) is 3.76. The van der Waals surface area contributed by atoms with E-state index in [0.717, 1.165) is 0 Å². The number of nitriles is 1. The molecule has 104 valence electrons. The summed E-state index contributed by atoms with van der Waals surface area (Å²) < 4.78 is 33.6. The van der Waals surface area contributed by atoms with Gasteiger partial charge in [0, 0.05) is 5.69 Å². The summed E-state index contributed by atoms with van der Waals surface area (Å²) in [4.78, 5) is 0. The lowest BCUT2D eigenvalue weighted by molar-refractivity contribution is -0.0497. The standard InChI is InChI=1S/C13H9ClF2N2O2/c14-11-5-8(1-4-12(11)20-13(15)16)18-7-10-3-2-9(6-17)19-10/h1-5,13,18H,7H2. The molecule has 0 aliphatic heterocycles. The Bertz CT molecular complexity index is 638. The molecule has 0 saturated carbocycles. The smallest absolute Gasteiger partial charge is 0.387 e. The zero-order valence-electron chi connectivity index (χ0n) is 10.1. The van der Waals surface area contributed by atoms with E-state index < -0.39 is 6.61 Å². The van der Waals surface area contributed by atoms with Crippen molar-refractivity contribution in [1.82, 2.24) is 0 Å². The molecule has 1 aromatic carbocycles. The summed E-state index contributed by atoms with van der Waals surface area (Å²) >= 11 is 5.82. The summed E-state index contributed by atoms with van der Waals surface area (Å²) in [7, 11) is 0. The fourth-order valence-corrected chi connectivity index (χ4v) is 1.75. The van der Waals surface area contributed by atoms with Crippen LogP contribution < -0.4 is 10.1 Å². The van der Waals surface area contributed by atoms with Crippen LogP contribution in [-0.4, -0.2) is 6.61 Å². The average molecular weight is 299 g/mol. The number of alkyl halides is 2. The molecule has 0 spiro atoms. The lowest BCUT2D eigenvalue weighted by atomic mass is 10.3. The van der Waals surface area contributed by atoms with Gasteiger partial charge in [0.1, 0.15) is 17.6 Å². The number of halogens is 3. The van der Waals surface area contributed by atoms with E-state index in [1.165, 1.54) is 12.1 Å². The Hall–Kier alpha value is -2.26. The zero-order chi connectivity index (χ0) is 14.5. The molecule has 0 aliphatic carbocycles. The summed E-state index contributed by atoms with van der Waals surface area (Å²) in [5.41, 5.74) is 0.617. The number of nitrogens with zero attached hydrogens (tertiary/aromatic N) is 1. The van der Waals surface area contributed by atoms with E-state index in [1.807, 2.05) is 6.07 Å². The third-order valence-electron chi connectivity index (χ3n) is 2.39. The zero-order valence-corrected chi connectivity index (χ0v) is 10.8. The second kappa shape index (κ2) is 6.26. The predicted octanol–water partition coefficient (Wildman–Crippen LogP) is 4.02. The highest BCUT2D eigenvalue weighted by Crippen LogP contribution is 2.29. The second-order valence-corrected chi connectivity index (χ2v) is 4.16. The summed E-state index contributed by atoms with van der Waals surface area (Å²) in [5.74, 6) is 0.711. The van der Waals surface area contributed by atoms with E-state index in [-0.39, 0.29) is 16.5 Å². The van der Waals surface area contributed by atoms with Gasteiger partial charge in [0.05, 0.1) is 11.6 Å². The molecule has 1 heterocycles. The van der Waals surface area contributed by atoms with E-state index in [4.69, 9.17) is 21.3 Å². The summed E-state index contributed by atoms with van der Waals surface area (Å²) in [6.07, 6.45) is 0. The van der Waals surface area contributed by atoms with E-state index >= 15 is 0 Å². The minimum atomic E-state index is -2.92. The molecule has 20 heavy (non-hydrogen) atoms. The first-order valence-electron chi connectivity index (χ1n) is 5.55. The molecule has 2 rings (SSSR count). The molecule has 1 N–H and O–H groups in total. The highest BCUT2D eigenvalue weighted by Gasteiger charge is 2.09. The van der Waals surface area contributed by atoms with Crippen molar-refractivity contribution in [2.45, 2.75) is 13.2 Å². The number of benzene rings is 1. The van der Waals surface area contributed by atoms with Gasteiger partial charge in [-0.1, -0.05) is 11.6 Å². The number of anilines is 1. The Labute approximate surface area is 118 Å². The van der Waals surface area contributed by atoms with Gasteiger partial charge in [-0.15, -0.1) is 0 Å². The molecular weight excluding hydrogens is 290 g/mol. The number of nitrogens with one attached hydrogen (secondary N) is 1. The molecule has 0 fully saturated rings. The van der Waals surface area contributed by atoms with Crippen LogP contribution in [0.1, 0.15) is 11.5 Å².